The third kappa shape index (κ3) is 3.91. The van der Waals surface area contributed by atoms with Gasteiger partial charge in [-0.2, -0.15) is 0 Å². The fourth-order valence-electron chi connectivity index (χ4n) is 2.30. The van der Waals surface area contributed by atoms with E-state index in [2.05, 4.69) is 26.0 Å². The molecule has 7 nitrogen and oxygen atoms in total. The van der Waals surface area contributed by atoms with Crippen LogP contribution in [0.3, 0.4) is 0 Å². The molecular weight excluding hydrogens is 356 g/mol. The van der Waals surface area contributed by atoms with E-state index in [4.69, 9.17) is 4.52 Å². The molecule has 0 fully saturated rings. The molecule has 0 aliphatic rings. The van der Waals surface area contributed by atoms with Crippen molar-refractivity contribution in [3.63, 3.8) is 0 Å². The van der Waals surface area contributed by atoms with Gasteiger partial charge in [-0.1, -0.05) is 11.2 Å². The first-order valence-electron chi connectivity index (χ1n) is 8.12. The number of hydrogen-bond acceptors (Lipinski definition) is 6. The van der Waals surface area contributed by atoms with E-state index >= 15 is 0 Å². The van der Waals surface area contributed by atoms with Gasteiger partial charge in [0.1, 0.15) is 17.5 Å². The van der Waals surface area contributed by atoms with Crippen LogP contribution >= 0.6 is 0 Å². The number of nitrogens with zero attached hydrogens (tertiary/aromatic N) is 3. The van der Waals surface area contributed by atoms with Crippen molar-refractivity contribution in [3.8, 4) is 0 Å². The summed E-state index contributed by atoms with van der Waals surface area (Å²) >= 11 is 0. The van der Waals surface area contributed by atoms with E-state index in [9.17, 15) is 13.6 Å². The maximum atomic E-state index is 14.0. The molecule has 1 amide bonds. The summed E-state index contributed by atoms with van der Waals surface area (Å²) in [5.74, 6) is -1.24. The highest BCUT2D eigenvalue weighted by Crippen LogP contribution is 2.19. The minimum Gasteiger partial charge on any atom is -0.364 e. The van der Waals surface area contributed by atoms with Gasteiger partial charge in [-0.05, 0) is 44.5 Å². The molecule has 2 aromatic heterocycles. The number of anilines is 2. The molecule has 9 heteroatoms. The van der Waals surface area contributed by atoms with Gasteiger partial charge in [0.15, 0.2) is 5.69 Å². The minimum absolute atomic E-state index is 0.0573. The lowest BCUT2D eigenvalue weighted by atomic mass is 10.1. The van der Waals surface area contributed by atoms with Crippen molar-refractivity contribution in [1.29, 1.82) is 0 Å². The van der Waals surface area contributed by atoms with Crippen molar-refractivity contribution < 1.29 is 18.1 Å². The Labute approximate surface area is 153 Å². The average molecular weight is 373 g/mol. The molecule has 0 spiro atoms. The van der Waals surface area contributed by atoms with Crippen LogP contribution < -0.4 is 10.6 Å². The molecule has 2 N–H and O–H groups in total. The standard InChI is InChI=1S/C18H17F2N5O2/c1-9-4-5-13(19)12(16(9)20)8-21-15-7-6-14(23-24-15)17(26)22-18-10(2)11(3)25-27-18/h4-7H,8H2,1-3H3,(H,21,24)(H,22,26). The Hall–Kier alpha value is -3.36. The van der Waals surface area contributed by atoms with Gasteiger partial charge >= 0.3 is 0 Å². The smallest absolute Gasteiger partial charge is 0.278 e. The van der Waals surface area contributed by atoms with Gasteiger partial charge in [-0.3, -0.25) is 10.1 Å². The van der Waals surface area contributed by atoms with Crippen molar-refractivity contribution >= 4 is 17.6 Å². The lowest BCUT2D eigenvalue weighted by Gasteiger charge is -2.09. The van der Waals surface area contributed by atoms with Gasteiger partial charge in [-0.15, -0.1) is 10.2 Å². The molecule has 3 aromatic rings. The topological polar surface area (TPSA) is 92.9 Å². The van der Waals surface area contributed by atoms with Gasteiger partial charge in [0, 0.05) is 17.7 Å². The molecule has 0 radical (unpaired) electrons. The number of amides is 1. The molecule has 140 valence electrons. The van der Waals surface area contributed by atoms with Gasteiger partial charge < -0.3 is 9.84 Å². The lowest BCUT2D eigenvalue weighted by Crippen LogP contribution is -2.15. The van der Waals surface area contributed by atoms with E-state index < -0.39 is 17.5 Å². The highest BCUT2D eigenvalue weighted by molar-refractivity contribution is 6.02. The highest BCUT2D eigenvalue weighted by atomic mass is 19.1. The maximum absolute atomic E-state index is 14.0. The number of aromatic nitrogens is 3. The molecule has 0 saturated heterocycles. The van der Waals surface area contributed by atoms with Crippen molar-refractivity contribution in [3.05, 3.63) is 64.0 Å². The second-order valence-corrected chi connectivity index (χ2v) is 5.99. The first kappa shape index (κ1) is 18.4. The van der Waals surface area contributed by atoms with Crippen molar-refractivity contribution in [1.82, 2.24) is 15.4 Å². The predicted octanol–water partition coefficient (Wildman–Crippen LogP) is 3.53. The summed E-state index contributed by atoms with van der Waals surface area (Å²) in [7, 11) is 0. The van der Waals surface area contributed by atoms with Gasteiger partial charge in [0.05, 0.1) is 5.69 Å². The molecule has 27 heavy (non-hydrogen) atoms. The number of carbonyl (C=O) groups excluding carboxylic acids is 1. The Kier molecular flexibility index (Phi) is 5.11. The van der Waals surface area contributed by atoms with Crippen LogP contribution in [0.1, 0.15) is 32.9 Å². The van der Waals surface area contributed by atoms with E-state index in [-0.39, 0.29) is 29.5 Å². The first-order valence-corrected chi connectivity index (χ1v) is 8.12. The molecule has 1 aromatic carbocycles. The van der Waals surface area contributed by atoms with E-state index in [1.54, 1.807) is 20.8 Å². The second kappa shape index (κ2) is 7.48. The maximum Gasteiger partial charge on any atom is 0.278 e. The summed E-state index contributed by atoms with van der Waals surface area (Å²) < 4.78 is 32.8. The van der Waals surface area contributed by atoms with Gasteiger partial charge in [0.25, 0.3) is 5.91 Å². The van der Waals surface area contributed by atoms with E-state index in [1.807, 2.05) is 0 Å². The molecule has 2 heterocycles. The summed E-state index contributed by atoms with van der Waals surface area (Å²) in [6.45, 7) is 4.98. The SMILES string of the molecule is Cc1ccc(F)c(CNc2ccc(C(=O)Nc3onc(C)c3C)nn2)c1F. The molecule has 0 aliphatic carbocycles. The van der Waals surface area contributed by atoms with E-state index in [1.165, 1.54) is 24.3 Å². The third-order valence-corrected chi connectivity index (χ3v) is 4.11. The Morgan fingerprint density at radius 2 is 1.89 bits per heavy atom. The Balaban J connectivity index is 1.66. The summed E-state index contributed by atoms with van der Waals surface area (Å²) in [4.78, 5) is 12.2. The predicted molar refractivity (Wildman–Crippen MR) is 94.4 cm³/mol. The van der Waals surface area contributed by atoms with Gasteiger partial charge in [-0.25, -0.2) is 8.78 Å². The van der Waals surface area contributed by atoms with E-state index in [0.29, 0.717) is 11.3 Å². The zero-order chi connectivity index (χ0) is 19.6. The van der Waals surface area contributed by atoms with Gasteiger partial charge in [0.2, 0.25) is 5.88 Å². The van der Waals surface area contributed by atoms with Crippen LogP contribution in [-0.2, 0) is 6.54 Å². The molecule has 0 bridgehead atoms. The summed E-state index contributed by atoms with van der Waals surface area (Å²) in [6.07, 6.45) is 0. The summed E-state index contributed by atoms with van der Waals surface area (Å²) in [6, 6.07) is 5.51. The number of nitrogens with one attached hydrogen (secondary N) is 2. The van der Waals surface area contributed by atoms with Crippen LogP contribution in [0.5, 0.6) is 0 Å². The van der Waals surface area contributed by atoms with Crippen LogP contribution in [0.4, 0.5) is 20.5 Å². The molecule has 3 rings (SSSR count). The Morgan fingerprint density at radius 3 is 2.52 bits per heavy atom. The number of benzene rings is 1. The zero-order valence-electron chi connectivity index (χ0n) is 14.9. The molecule has 0 aliphatic heterocycles. The van der Waals surface area contributed by atoms with E-state index in [0.717, 1.165) is 5.56 Å². The molecule has 0 saturated carbocycles. The van der Waals surface area contributed by atoms with Crippen molar-refractivity contribution in [2.75, 3.05) is 10.6 Å². The van der Waals surface area contributed by atoms with Crippen LogP contribution in [0.25, 0.3) is 0 Å². The number of aryl methyl sites for hydroxylation is 2. The number of halogens is 2. The van der Waals surface area contributed by atoms with Crippen LogP contribution in [0.15, 0.2) is 28.8 Å². The normalized spacial score (nSPS) is 10.7. The Morgan fingerprint density at radius 1 is 1.11 bits per heavy atom. The number of hydrogen-bond donors (Lipinski definition) is 2. The van der Waals surface area contributed by atoms with Crippen LogP contribution in [0.2, 0.25) is 0 Å². The number of rotatable bonds is 5. The third-order valence-electron chi connectivity index (χ3n) is 4.11. The van der Waals surface area contributed by atoms with Crippen LogP contribution in [0, 0.1) is 32.4 Å². The van der Waals surface area contributed by atoms with Crippen molar-refractivity contribution in [2.24, 2.45) is 0 Å². The molecule has 0 atom stereocenters. The average Bonchev–Trinajstić information content (AvgIpc) is 2.97. The lowest BCUT2D eigenvalue weighted by molar-refractivity contribution is 0.101. The molecule has 0 unspecified atom stereocenters. The Bertz CT molecular complexity index is 986. The summed E-state index contributed by atoms with van der Waals surface area (Å²) in [5, 5.41) is 16.8. The minimum atomic E-state index is -0.646. The monoisotopic (exact) mass is 373 g/mol. The fourth-order valence-corrected chi connectivity index (χ4v) is 2.30. The second-order valence-electron chi connectivity index (χ2n) is 5.99. The largest absolute Gasteiger partial charge is 0.364 e. The number of carbonyl (C=O) groups is 1. The highest BCUT2D eigenvalue weighted by Gasteiger charge is 2.15. The zero-order valence-corrected chi connectivity index (χ0v) is 14.9. The fraction of sp³-hybridized carbons (Fsp3) is 0.222. The summed E-state index contributed by atoms with van der Waals surface area (Å²) in [5.41, 5.74) is 1.71. The first-order chi connectivity index (χ1) is 12.9. The van der Waals surface area contributed by atoms with Crippen molar-refractivity contribution in [2.45, 2.75) is 27.3 Å². The molecular formula is C18H17F2N5O2. The quantitative estimate of drug-likeness (QED) is 0.711. The van der Waals surface area contributed by atoms with Crippen LogP contribution in [-0.4, -0.2) is 21.3 Å².